The molecule has 0 bridgehead atoms. The molecular weight excluding hydrogens is 567 g/mol. The molecule has 0 saturated carbocycles. The first kappa shape index (κ1) is 27.1. The van der Waals surface area contributed by atoms with Crippen molar-refractivity contribution >= 4 is 46.4 Å². The van der Waals surface area contributed by atoms with Gasteiger partial charge in [0.1, 0.15) is 17.3 Å². The van der Waals surface area contributed by atoms with Gasteiger partial charge in [0.05, 0.1) is 11.8 Å². The van der Waals surface area contributed by atoms with Gasteiger partial charge < -0.3 is 15.2 Å². The van der Waals surface area contributed by atoms with E-state index in [4.69, 9.17) is 0 Å². The summed E-state index contributed by atoms with van der Waals surface area (Å²) < 4.78 is 45.1. The van der Waals surface area contributed by atoms with E-state index in [1.165, 1.54) is 6.20 Å². The van der Waals surface area contributed by atoms with Crippen molar-refractivity contribution in [2.45, 2.75) is 19.6 Å². The summed E-state index contributed by atoms with van der Waals surface area (Å²) in [6.45, 7) is 3.31. The number of benzene rings is 1. The lowest BCUT2D eigenvalue weighted by atomic mass is 9.98. The van der Waals surface area contributed by atoms with Crippen LogP contribution in [0.15, 0.2) is 60.0 Å². The van der Waals surface area contributed by atoms with E-state index in [2.05, 4.69) is 40.2 Å². The van der Waals surface area contributed by atoms with Crippen LogP contribution in [0.5, 0.6) is 0 Å². The Kier molecular flexibility index (Phi) is 7.21. The second kappa shape index (κ2) is 10.6. The number of aryl methyl sites for hydroxylation is 1. The monoisotopic (exact) mass is 585 g/mol. The summed E-state index contributed by atoms with van der Waals surface area (Å²) in [5.41, 5.74) is 2.87. The minimum atomic E-state index is -4.58. The second-order valence-electron chi connectivity index (χ2n) is 8.71. The number of nitrogens with one attached hydrogen (secondary N) is 2. The van der Waals surface area contributed by atoms with Gasteiger partial charge in [0, 0.05) is 53.8 Å². The number of aromatic nitrogens is 6. The van der Waals surface area contributed by atoms with Gasteiger partial charge in [-0.1, -0.05) is 10.6 Å². The number of rotatable bonds is 4. The van der Waals surface area contributed by atoms with Crippen LogP contribution >= 0.6 is 23.9 Å². The van der Waals surface area contributed by atoms with Crippen LogP contribution < -0.4 is 16.3 Å². The molecule has 6 rings (SSSR count). The SMILES string of the molecule is Cc1ccc(NC(=O)c2cc(C(F)(F)F)ccn2)cc1-c1cc2cn/c(=N\c3cnns3)nc-2n2c1NCC2.Cl. The molecule has 1 amide bonds. The average Bonchev–Trinajstić information content (AvgIpc) is 3.62. The number of alkyl halides is 3. The summed E-state index contributed by atoms with van der Waals surface area (Å²) in [4.78, 5) is 30.0. The van der Waals surface area contributed by atoms with Gasteiger partial charge in [0.15, 0.2) is 5.00 Å². The van der Waals surface area contributed by atoms with E-state index in [1.54, 1.807) is 18.3 Å². The molecule has 15 heteroatoms. The summed E-state index contributed by atoms with van der Waals surface area (Å²) in [5, 5.41) is 10.4. The van der Waals surface area contributed by atoms with Gasteiger partial charge in [-0.3, -0.25) is 9.78 Å². The lowest BCUT2D eigenvalue weighted by Crippen LogP contribution is -2.17. The largest absolute Gasteiger partial charge is 0.416 e. The molecule has 10 nitrogen and oxygen atoms in total. The highest BCUT2D eigenvalue weighted by Crippen LogP contribution is 2.39. The molecule has 1 aromatic carbocycles. The number of anilines is 2. The van der Waals surface area contributed by atoms with Crippen molar-refractivity contribution in [3.63, 3.8) is 0 Å². The van der Waals surface area contributed by atoms with Crippen molar-refractivity contribution in [3.8, 4) is 22.5 Å². The van der Waals surface area contributed by atoms with Crippen molar-refractivity contribution in [1.29, 1.82) is 0 Å². The second-order valence-corrected chi connectivity index (χ2v) is 9.48. The number of hydrogen-bond acceptors (Lipinski definition) is 9. The Morgan fingerprint density at radius 1 is 1.12 bits per heavy atom. The summed E-state index contributed by atoms with van der Waals surface area (Å²) in [5.74, 6) is 0.813. The summed E-state index contributed by atoms with van der Waals surface area (Å²) in [7, 11) is 0. The van der Waals surface area contributed by atoms with Gasteiger partial charge in [0.2, 0.25) is 0 Å². The van der Waals surface area contributed by atoms with Gasteiger partial charge in [-0.2, -0.15) is 23.1 Å². The molecule has 0 radical (unpaired) electrons. The predicted molar refractivity (Wildman–Crippen MR) is 145 cm³/mol. The molecule has 0 saturated heterocycles. The topological polar surface area (TPSA) is 123 Å². The third-order valence-electron chi connectivity index (χ3n) is 6.16. The van der Waals surface area contributed by atoms with Crippen LogP contribution in [0.2, 0.25) is 0 Å². The zero-order valence-electron chi connectivity index (χ0n) is 20.6. The van der Waals surface area contributed by atoms with Crippen molar-refractivity contribution in [1.82, 2.24) is 29.1 Å². The van der Waals surface area contributed by atoms with E-state index in [0.717, 1.165) is 57.9 Å². The van der Waals surface area contributed by atoms with Crippen LogP contribution in [0, 0.1) is 6.92 Å². The van der Waals surface area contributed by atoms with Gasteiger partial charge in [-0.25, -0.2) is 4.98 Å². The van der Waals surface area contributed by atoms with Gasteiger partial charge in [0.25, 0.3) is 11.5 Å². The van der Waals surface area contributed by atoms with Gasteiger partial charge in [-0.05, 0) is 48.4 Å². The van der Waals surface area contributed by atoms with E-state index in [1.807, 2.05) is 23.6 Å². The highest BCUT2D eigenvalue weighted by atomic mass is 35.5. The first-order chi connectivity index (χ1) is 18.8. The minimum absolute atomic E-state index is 0. The molecule has 2 aromatic heterocycles. The van der Waals surface area contributed by atoms with Crippen molar-refractivity contribution in [2.24, 2.45) is 4.99 Å². The number of halogens is 4. The fourth-order valence-corrected chi connectivity index (χ4v) is 4.74. The van der Waals surface area contributed by atoms with E-state index in [9.17, 15) is 18.0 Å². The normalized spacial score (nSPS) is 13.1. The minimum Gasteiger partial charge on any atom is -0.369 e. The zero-order valence-corrected chi connectivity index (χ0v) is 22.2. The Labute approximate surface area is 235 Å². The number of fused-ring (bicyclic) bond motifs is 3. The lowest BCUT2D eigenvalue weighted by molar-refractivity contribution is -0.137. The molecule has 0 unspecified atom stereocenters. The number of amides is 1. The molecule has 3 aliphatic heterocycles. The van der Waals surface area contributed by atoms with Crippen LogP contribution in [0.3, 0.4) is 0 Å². The Bertz CT molecular complexity index is 1760. The molecule has 2 N–H and O–H groups in total. The van der Waals surface area contributed by atoms with Gasteiger partial charge >= 0.3 is 6.18 Å². The number of pyridine rings is 2. The maximum Gasteiger partial charge on any atom is 0.416 e. The van der Waals surface area contributed by atoms with Crippen LogP contribution in [0.1, 0.15) is 21.6 Å². The van der Waals surface area contributed by atoms with E-state index >= 15 is 0 Å². The van der Waals surface area contributed by atoms with Crippen molar-refractivity contribution < 1.29 is 18.0 Å². The quantitative estimate of drug-likeness (QED) is 0.306. The fourth-order valence-electron chi connectivity index (χ4n) is 4.35. The number of carbonyl (C=O) groups excluding carboxylic acids is 1. The van der Waals surface area contributed by atoms with Crippen molar-refractivity contribution in [3.05, 3.63) is 77.4 Å². The van der Waals surface area contributed by atoms with E-state index in [-0.39, 0.29) is 18.1 Å². The van der Waals surface area contributed by atoms with Crippen LogP contribution in [-0.4, -0.2) is 41.6 Å². The number of carbonyl (C=O) groups is 1. The third-order valence-corrected chi connectivity index (χ3v) is 6.72. The number of nitrogens with zero attached hydrogens (tertiary/aromatic N) is 7. The Hall–Kier alpha value is -4.43. The average molecular weight is 586 g/mol. The molecule has 204 valence electrons. The number of hydrogen-bond donors (Lipinski definition) is 2. The molecule has 3 aromatic rings. The van der Waals surface area contributed by atoms with E-state index in [0.29, 0.717) is 35.2 Å². The predicted octanol–water partition coefficient (Wildman–Crippen LogP) is 4.96. The Morgan fingerprint density at radius 2 is 1.98 bits per heavy atom. The smallest absolute Gasteiger partial charge is 0.369 e. The Balaban J connectivity index is 0.00000323. The molecule has 40 heavy (non-hydrogen) atoms. The lowest BCUT2D eigenvalue weighted by Gasteiger charge is -2.19. The fraction of sp³-hybridized carbons (Fsp3) is 0.160. The highest BCUT2D eigenvalue weighted by Gasteiger charge is 2.31. The first-order valence-electron chi connectivity index (χ1n) is 11.7. The molecule has 0 atom stereocenters. The summed E-state index contributed by atoms with van der Waals surface area (Å²) in [6.07, 6.45) is -0.370. The highest BCUT2D eigenvalue weighted by molar-refractivity contribution is 7.09. The zero-order chi connectivity index (χ0) is 27.1. The molecule has 3 aliphatic rings. The first-order valence-corrected chi connectivity index (χ1v) is 12.5. The Morgan fingerprint density at radius 3 is 2.75 bits per heavy atom. The third kappa shape index (κ3) is 5.22. The summed E-state index contributed by atoms with van der Waals surface area (Å²) in [6, 6.07) is 8.82. The molecular formula is C25H19ClF3N9OS. The van der Waals surface area contributed by atoms with E-state index < -0.39 is 17.6 Å². The van der Waals surface area contributed by atoms with Gasteiger partial charge in [-0.15, -0.1) is 17.5 Å². The molecule has 0 spiro atoms. The van der Waals surface area contributed by atoms with Crippen LogP contribution in [0.4, 0.5) is 29.7 Å². The summed E-state index contributed by atoms with van der Waals surface area (Å²) >= 11 is 1.14. The van der Waals surface area contributed by atoms with Crippen LogP contribution in [-0.2, 0) is 12.7 Å². The molecule has 0 aliphatic carbocycles. The van der Waals surface area contributed by atoms with Crippen molar-refractivity contribution in [2.75, 3.05) is 17.2 Å². The van der Waals surface area contributed by atoms with Crippen LogP contribution in [0.25, 0.3) is 22.5 Å². The standard InChI is InChI=1S/C25H18F3N9OS.ClH/c1-13-2-3-16(33-23(38)19-9-15(4-5-29-19)25(26,27)28)10-17(13)18-8-14-11-31-24(34-20-12-32-36-39-20)35-21(14)37-7-6-30-22(18)37;/h2-5,8-12,30H,6-7H2,1H3,(H,33,38);1H/b34-24+;. The molecule has 0 fully saturated rings. The maximum atomic E-state index is 13.1. The molecule has 5 heterocycles. The maximum absolute atomic E-state index is 13.1.